The fraction of sp³-hybridized carbons (Fsp3) is 0.286. The molecule has 2 aromatic rings. The minimum absolute atomic E-state index is 0.310. The number of aromatic nitrogens is 1. The molecule has 1 aromatic heterocycles. The Bertz CT molecular complexity index is 642. The molecule has 0 saturated heterocycles. The van der Waals surface area contributed by atoms with Crippen molar-refractivity contribution in [1.29, 1.82) is 0 Å². The third-order valence-corrected chi connectivity index (χ3v) is 3.81. The van der Waals surface area contributed by atoms with Crippen LogP contribution in [0.4, 0.5) is 4.39 Å². The van der Waals surface area contributed by atoms with E-state index < -0.39 is 15.7 Å². The summed E-state index contributed by atoms with van der Waals surface area (Å²) in [4.78, 5) is 0. The van der Waals surface area contributed by atoms with Crippen molar-refractivity contribution in [3.8, 4) is 11.3 Å². The molecular formula is C14H15FN2O2S. The van der Waals surface area contributed by atoms with Crippen molar-refractivity contribution in [1.82, 2.24) is 5.16 Å². The second-order valence-corrected chi connectivity index (χ2v) is 7.15. The first-order valence-corrected chi connectivity index (χ1v) is 7.15. The van der Waals surface area contributed by atoms with Crippen LogP contribution in [-0.2, 0) is 11.0 Å². The van der Waals surface area contributed by atoms with Crippen molar-refractivity contribution in [2.24, 2.45) is 4.40 Å². The highest BCUT2D eigenvalue weighted by Gasteiger charge is 2.18. The number of nitrogens with zero attached hydrogens (tertiary/aromatic N) is 2. The predicted octanol–water partition coefficient (Wildman–Crippen LogP) is 3.36. The van der Waals surface area contributed by atoms with Crippen LogP contribution < -0.4 is 0 Å². The van der Waals surface area contributed by atoms with E-state index in [1.807, 2.05) is 20.8 Å². The van der Waals surface area contributed by atoms with Crippen molar-refractivity contribution in [2.75, 3.05) is 0 Å². The van der Waals surface area contributed by atoms with E-state index in [9.17, 15) is 8.60 Å². The Kier molecular flexibility index (Phi) is 4.13. The van der Waals surface area contributed by atoms with Crippen LogP contribution in [-0.4, -0.2) is 20.3 Å². The van der Waals surface area contributed by atoms with Gasteiger partial charge in [0.25, 0.3) is 0 Å². The largest absolute Gasteiger partial charge is 0.356 e. The molecule has 6 heteroatoms. The van der Waals surface area contributed by atoms with Gasteiger partial charge in [-0.3, -0.25) is 0 Å². The second-order valence-electron chi connectivity index (χ2n) is 5.22. The van der Waals surface area contributed by atoms with Crippen LogP contribution >= 0.6 is 0 Å². The summed E-state index contributed by atoms with van der Waals surface area (Å²) in [5, 5.41) is 3.82. The molecule has 1 heterocycles. The lowest BCUT2D eigenvalue weighted by Crippen LogP contribution is -2.19. The molecule has 2 rings (SSSR count). The zero-order chi connectivity index (χ0) is 14.8. The Balaban J connectivity index is 2.15. The minimum atomic E-state index is -1.34. The quantitative estimate of drug-likeness (QED) is 0.816. The van der Waals surface area contributed by atoms with Gasteiger partial charge in [0.2, 0.25) is 0 Å². The zero-order valence-electron chi connectivity index (χ0n) is 11.5. The van der Waals surface area contributed by atoms with Crippen LogP contribution in [0.25, 0.3) is 11.3 Å². The molecule has 0 aliphatic rings. The summed E-state index contributed by atoms with van der Waals surface area (Å²) in [5.41, 5.74) is 1.19. The summed E-state index contributed by atoms with van der Waals surface area (Å²) in [6, 6.07) is 7.56. The molecule has 0 amide bonds. The van der Waals surface area contributed by atoms with E-state index in [1.54, 1.807) is 18.2 Å². The summed E-state index contributed by atoms with van der Waals surface area (Å²) < 4.78 is 33.3. The van der Waals surface area contributed by atoms with Gasteiger partial charge in [0.05, 0.1) is 11.0 Å². The molecule has 0 fully saturated rings. The number of hydrogen-bond donors (Lipinski definition) is 0. The lowest BCUT2D eigenvalue weighted by Gasteiger charge is -2.12. The molecule has 0 bridgehead atoms. The highest BCUT2D eigenvalue weighted by atomic mass is 32.2. The molecule has 0 spiro atoms. The summed E-state index contributed by atoms with van der Waals surface area (Å²) in [7, 11) is -1.34. The van der Waals surface area contributed by atoms with E-state index in [0.29, 0.717) is 11.5 Å². The summed E-state index contributed by atoms with van der Waals surface area (Å²) in [6.07, 6.45) is 1.41. The Morgan fingerprint density at radius 3 is 2.55 bits per heavy atom. The highest BCUT2D eigenvalue weighted by molar-refractivity contribution is 7.85. The highest BCUT2D eigenvalue weighted by Crippen LogP contribution is 2.20. The molecule has 4 nitrogen and oxygen atoms in total. The van der Waals surface area contributed by atoms with Crippen LogP contribution in [0.1, 0.15) is 26.5 Å². The number of halogens is 1. The Labute approximate surface area is 119 Å². The third kappa shape index (κ3) is 3.60. The van der Waals surface area contributed by atoms with Crippen molar-refractivity contribution in [2.45, 2.75) is 25.5 Å². The minimum Gasteiger partial charge on any atom is -0.356 e. The van der Waals surface area contributed by atoms with Crippen LogP contribution in [0.15, 0.2) is 39.3 Å². The summed E-state index contributed by atoms with van der Waals surface area (Å²) in [6.45, 7) is 5.52. The van der Waals surface area contributed by atoms with Gasteiger partial charge < -0.3 is 4.52 Å². The van der Waals surface area contributed by atoms with Gasteiger partial charge in [-0.25, -0.2) is 8.60 Å². The zero-order valence-corrected chi connectivity index (χ0v) is 12.3. The van der Waals surface area contributed by atoms with E-state index >= 15 is 0 Å². The van der Waals surface area contributed by atoms with Crippen LogP contribution in [0.5, 0.6) is 0 Å². The molecule has 20 heavy (non-hydrogen) atoms. The van der Waals surface area contributed by atoms with Gasteiger partial charge in [-0.15, -0.1) is 0 Å². The predicted molar refractivity (Wildman–Crippen MR) is 77.4 cm³/mol. The van der Waals surface area contributed by atoms with E-state index in [4.69, 9.17) is 4.52 Å². The average molecular weight is 294 g/mol. The maximum absolute atomic E-state index is 12.8. The van der Waals surface area contributed by atoms with E-state index in [2.05, 4.69) is 9.55 Å². The van der Waals surface area contributed by atoms with Gasteiger partial charge in [0.15, 0.2) is 5.76 Å². The van der Waals surface area contributed by atoms with E-state index in [1.165, 1.54) is 18.3 Å². The standard InChI is InChI=1S/C14H15FN2O2S/c1-14(2,3)20(18)16-9-12-8-13(19-17-12)10-4-6-11(15)7-5-10/h4-9H,1-3H3. The van der Waals surface area contributed by atoms with Crippen LogP contribution in [0.2, 0.25) is 0 Å². The maximum Gasteiger partial charge on any atom is 0.167 e. The molecule has 1 aromatic carbocycles. The van der Waals surface area contributed by atoms with Crippen LogP contribution in [0, 0.1) is 5.82 Å². The van der Waals surface area contributed by atoms with Gasteiger partial charge in [-0.1, -0.05) is 5.16 Å². The third-order valence-electron chi connectivity index (χ3n) is 2.46. The van der Waals surface area contributed by atoms with Gasteiger partial charge in [0.1, 0.15) is 22.5 Å². The molecule has 0 aliphatic heterocycles. The molecule has 0 radical (unpaired) electrons. The first-order valence-electron chi connectivity index (χ1n) is 6.05. The van der Waals surface area contributed by atoms with Gasteiger partial charge >= 0.3 is 0 Å². The SMILES string of the molecule is CC(C)(C)S(=O)N=Cc1cc(-c2ccc(F)cc2)on1. The number of rotatable bonds is 3. The molecule has 0 saturated carbocycles. The first-order chi connectivity index (χ1) is 9.36. The molecule has 0 aliphatic carbocycles. The van der Waals surface area contributed by atoms with Crippen molar-refractivity contribution in [3.63, 3.8) is 0 Å². The number of benzene rings is 1. The van der Waals surface area contributed by atoms with E-state index in [-0.39, 0.29) is 5.82 Å². The fourth-order valence-electron chi connectivity index (χ4n) is 1.36. The maximum atomic E-state index is 12.8. The van der Waals surface area contributed by atoms with Crippen molar-refractivity contribution < 1.29 is 13.1 Å². The second kappa shape index (κ2) is 5.66. The Morgan fingerprint density at radius 1 is 1.30 bits per heavy atom. The normalized spacial score (nSPS) is 13.8. The van der Waals surface area contributed by atoms with Crippen molar-refractivity contribution >= 4 is 17.2 Å². The molecule has 1 unspecified atom stereocenters. The summed E-state index contributed by atoms with van der Waals surface area (Å²) in [5.74, 6) is 0.198. The fourth-order valence-corrected chi connectivity index (χ4v) is 1.88. The van der Waals surface area contributed by atoms with E-state index in [0.717, 1.165) is 5.56 Å². The smallest absolute Gasteiger partial charge is 0.167 e. The van der Waals surface area contributed by atoms with Crippen molar-refractivity contribution in [3.05, 3.63) is 41.8 Å². The topological polar surface area (TPSA) is 55.5 Å². The molecule has 106 valence electrons. The lowest BCUT2D eigenvalue weighted by atomic mass is 10.1. The number of hydrogen-bond acceptors (Lipinski definition) is 3. The molecule has 0 N–H and O–H groups in total. The van der Waals surface area contributed by atoms with Gasteiger partial charge in [0, 0.05) is 11.6 Å². The monoisotopic (exact) mass is 294 g/mol. The molecular weight excluding hydrogens is 279 g/mol. The Hall–Kier alpha value is -1.82. The van der Waals surface area contributed by atoms with Gasteiger partial charge in [-0.2, -0.15) is 4.40 Å². The van der Waals surface area contributed by atoms with Gasteiger partial charge in [-0.05, 0) is 45.0 Å². The molecule has 1 atom stereocenters. The average Bonchev–Trinajstić information content (AvgIpc) is 2.84. The Morgan fingerprint density at radius 2 is 1.95 bits per heavy atom. The first kappa shape index (κ1) is 14.6. The lowest BCUT2D eigenvalue weighted by molar-refractivity contribution is 0.431. The summed E-state index contributed by atoms with van der Waals surface area (Å²) >= 11 is 0. The van der Waals surface area contributed by atoms with Crippen LogP contribution in [0.3, 0.4) is 0 Å².